The van der Waals surface area contributed by atoms with Gasteiger partial charge in [0.05, 0.1) is 0 Å². The first kappa shape index (κ1) is 13.3. The molecule has 1 heterocycles. The number of pyridine rings is 1. The van der Waals surface area contributed by atoms with Gasteiger partial charge in [0, 0.05) is 22.8 Å². The third-order valence-electron chi connectivity index (χ3n) is 2.17. The lowest BCUT2D eigenvalue weighted by molar-refractivity contribution is 0.318. The Morgan fingerprint density at radius 2 is 2.11 bits per heavy atom. The van der Waals surface area contributed by atoms with Gasteiger partial charge < -0.3 is 15.7 Å². The number of halogens is 2. The van der Waals surface area contributed by atoms with Gasteiger partial charge in [-0.15, -0.1) is 0 Å². The fraction of sp³-hybridized carbons (Fsp3) is 0. The Bertz CT molecular complexity index is 614. The van der Waals surface area contributed by atoms with Crippen LogP contribution < -0.4 is 10.5 Å². The van der Waals surface area contributed by atoms with Crippen LogP contribution in [0.25, 0.3) is 0 Å². The average Bonchev–Trinajstić information content (AvgIpc) is 2.37. The van der Waals surface area contributed by atoms with E-state index in [9.17, 15) is 4.39 Å². The highest BCUT2D eigenvalue weighted by atomic mass is 79.9. The Balaban J connectivity index is 2.28. The summed E-state index contributed by atoms with van der Waals surface area (Å²) in [5.74, 6) is 0.165. The zero-order valence-corrected chi connectivity index (χ0v) is 11.1. The molecule has 0 saturated heterocycles. The number of nitrogens with two attached hydrogens (primary N) is 1. The molecule has 0 aliphatic carbocycles. The van der Waals surface area contributed by atoms with E-state index in [1.165, 1.54) is 24.4 Å². The summed E-state index contributed by atoms with van der Waals surface area (Å²) >= 11 is 3.17. The lowest BCUT2D eigenvalue weighted by Crippen LogP contribution is -2.14. The van der Waals surface area contributed by atoms with Crippen LogP contribution in [0.1, 0.15) is 5.69 Å². The highest BCUT2D eigenvalue weighted by molar-refractivity contribution is 9.10. The van der Waals surface area contributed by atoms with Crippen molar-refractivity contribution in [1.29, 1.82) is 0 Å². The van der Waals surface area contributed by atoms with Gasteiger partial charge in [-0.1, -0.05) is 21.1 Å². The van der Waals surface area contributed by atoms with E-state index in [2.05, 4.69) is 26.1 Å². The molecule has 0 radical (unpaired) electrons. The van der Waals surface area contributed by atoms with Crippen LogP contribution in [-0.2, 0) is 0 Å². The molecule has 19 heavy (non-hydrogen) atoms. The molecule has 2 rings (SSSR count). The van der Waals surface area contributed by atoms with Crippen molar-refractivity contribution < 1.29 is 14.3 Å². The maximum Gasteiger partial charge on any atom is 0.188 e. The van der Waals surface area contributed by atoms with Gasteiger partial charge in [0.15, 0.2) is 5.84 Å². The van der Waals surface area contributed by atoms with Crippen LogP contribution >= 0.6 is 15.9 Å². The van der Waals surface area contributed by atoms with E-state index in [0.717, 1.165) is 0 Å². The molecule has 0 bridgehead atoms. The average molecular weight is 326 g/mol. The van der Waals surface area contributed by atoms with Crippen LogP contribution in [0.15, 0.2) is 46.2 Å². The number of amidine groups is 1. The number of rotatable bonds is 3. The molecule has 0 amide bonds. The third kappa shape index (κ3) is 3.41. The Kier molecular flexibility index (Phi) is 3.96. The summed E-state index contributed by atoms with van der Waals surface area (Å²) in [7, 11) is 0. The van der Waals surface area contributed by atoms with Gasteiger partial charge in [-0.25, -0.2) is 4.39 Å². The Labute approximate surface area is 116 Å². The molecular weight excluding hydrogens is 317 g/mol. The fourth-order valence-corrected chi connectivity index (χ4v) is 1.83. The minimum Gasteiger partial charge on any atom is -0.457 e. The molecule has 5 nitrogen and oxygen atoms in total. The highest BCUT2D eigenvalue weighted by Crippen LogP contribution is 2.25. The van der Waals surface area contributed by atoms with E-state index in [4.69, 9.17) is 15.7 Å². The summed E-state index contributed by atoms with van der Waals surface area (Å²) in [5, 5.41) is 11.4. The van der Waals surface area contributed by atoms with Gasteiger partial charge >= 0.3 is 0 Å². The van der Waals surface area contributed by atoms with Crippen molar-refractivity contribution in [3.8, 4) is 11.5 Å². The van der Waals surface area contributed by atoms with E-state index < -0.39 is 5.82 Å². The van der Waals surface area contributed by atoms with Crippen LogP contribution in [0.3, 0.4) is 0 Å². The van der Waals surface area contributed by atoms with Crippen molar-refractivity contribution in [1.82, 2.24) is 4.98 Å². The summed E-state index contributed by atoms with van der Waals surface area (Å²) < 4.78 is 19.2. The molecule has 0 fully saturated rings. The van der Waals surface area contributed by atoms with Crippen molar-refractivity contribution in [2.45, 2.75) is 0 Å². The number of hydrogen-bond acceptors (Lipinski definition) is 4. The fourth-order valence-electron chi connectivity index (χ4n) is 1.39. The predicted molar refractivity (Wildman–Crippen MR) is 70.9 cm³/mol. The van der Waals surface area contributed by atoms with Crippen molar-refractivity contribution in [3.63, 3.8) is 0 Å². The first-order chi connectivity index (χ1) is 9.08. The summed E-state index contributed by atoms with van der Waals surface area (Å²) in [6, 6.07) is 7.24. The van der Waals surface area contributed by atoms with E-state index in [1.54, 1.807) is 12.1 Å². The number of nitrogens with zero attached hydrogens (tertiary/aromatic N) is 2. The second-order valence-corrected chi connectivity index (χ2v) is 4.48. The van der Waals surface area contributed by atoms with Crippen molar-refractivity contribution >= 4 is 21.8 Å². The monoisotopic (exact) mass is 325 g/mol. The van der Waals surface area contributed by atoms with Crippen LogP contribution in [0.4, 0.5) is 4.39 Å². The first-order valence-electron chi connectivity index (χ1n) is 5.16. The molecule has 2 aromatic rings. The standard InChI is InChI=1S/C12H9BrFN3O2/c13-7-3-8(14)5-10(4-7)19-9-1-2-16-11(6-9)12(15)17-18/h1-6,18H,(H2,15,17). The number of oxime groups is 1. The SMILES string of the molecule is N/C(=N/O)c1cc(Oc2cc(F)cc(Br)c2)ccn1. The summed E-state index contributed by atoms with van der Waals surface area (Å²) in [5.41, 5.74) is 5.68. The van der Waals surface area contributed by atoms with Crippen molar-refractivity contribution in [3.05, 3.63) is 52.5 Å². The maximum absolute atomic E-state index is 13.2. The van der Waals surface area contributed by atoms with Crippen molar-refractivity contribution in [2.75, 3.05) is 0 Å². The van der Waals surface area contributed by atoms with Gasteiger partial charge in [0.25, 0.3) is 0 Å². The normalized spacial score (nSPS) is 11.4. The topological polar surface area (TPSA) is 80.7 Å². The van der Waals surface area contributed by atoms with Crippen LogP contribution in [0.2, 0.25) is 0 Å². The molecule has 1 aromatic carbocycles. The van der Waals surface area contributed by atoms with E-state index in [-0.39, 0.29) is 11.5 Å². The minimum atomic E-state index is -0.421. The third-order valence-corrected chi connectivity index (χ3v) is 2.63. The van der Waals surface area contributed by atoms with Crippen LogP contribution in [-0.4, -0.2) is 16.0 Å². The summed E-state index contributed by atoms with van der Waals surface area (Å²) in [6.45, 7) is 0. The zero-order valence-electron chi connectivity index (χ0n) is 9.55. The Morgan fingerprint density at radius 1 is 1.32 bits per heavy atom. The number of benzene rings is 1. The molecule has 0 aliphatic heterocycles. The molecule has 1 aromatic heterocycles. The second kappa shape index (κ2) is 5.66. The minimum absolute atomic E-state index is 0.133. The van der Waals surface area contributed by atoms with E-state index in [1.807, 2.05) is 0 Å². The molecule has 0 spiro atoms. The van der Waals surface area contributed by atoms with Crippen LogP contribution in [0.5, 0.6) is 11.5 Å². The Hall–Kier alpha value is -2.15. The molecule has 98 valence electrons. The molecule has 0 saturated carbocycles. The quantitative estimate of drug-likeness (QED) is 0.393. The molecule has 3 N–H and O–H groups in total. The van der Waals surface area contributed by atoms with Gasteiger partial charge in [-0.05, 0) is 18.2 Å². The highest BCUT2D eigenvalue weighted by Gasteiger charge is 2.05. The predicted octanol–water partition coefficient (Wildman–Crippen LogP) is 2.87. The smallest absolute Gasteiger partial charge is 0.188 e. The summed E-state index contributed by atoms with van der Waals surface area (Å²) in [6.07, 6.45) is 1.44. The van der Waals surface area contributed by atoms with Gasteiger partial charge in [0.1, 0.15) is 23.0 Å². The van der Waals surface area contributed by atoms with Crippen LogP contribution in [0, 0.1) is 5.82 Å². The Morgan fingerprint density at radius 3 is 2.79 bits per heavy atom. The van der Waals surface area contributed by atoms with E-state index in [0.29, 0.717) is 16.0 Å². The van der Waals surface area contributed by atoms with Gasteiger partial charge in [0.2, 0.25) is 0 Å². The first-order valence-corrected chi connectivity index (χ1v) is 5.95. The van der Waals surface area contributed by atoms with Crippen molar-refractivity contribution in [2.24, 2.45) is 10.9 Å². The van der Waals surface area contributed by atoms with Gasteiger partial charge in [-0.2, -0.15) is 0 Å². The second-order valence-electron chi connectivity index (χ2n) is 3.57. The molecule has 0 unspecified atom stereocenters. The lowest BCUT2D eigenvalue weighted by Gasteiger charge is -2.07. The number of aromatic nitrogens is 1. The molecular formula is C12H9BrFN3O2. The number of hydrogen-bond donors (Lipinski definition) is 2. The number of ether oxygens (including phenoxy) is 1. The molecule has 7 heteroatoms. The van der Waals surface area contributed by atoms with E-state index >= 15 is 0 Å². The summed E-state index contributed by atoms with van der Waals surface area (Å²) in [4.78, 5) is 3.91. The zero-order chi connectivity index (χ0) is 13.8. The largest absolute Gasteiger partial charge is 0.457 e. The molecule has 0 aliphatic rings. The lowest BCUT2D eigenvalue weighted by atomic mass is 10.3. The van der Waals surface area contributed by atoms with Gasteiger partial charge in [-0.3, -0.25) is 4.98 Å². The molecule has 0 atom stereocenters. The maximum atomic E-state index is 13.2.